The molecule has 0 saturated heterocycles. The smallest absolute Gasteiger partial charge is 0.0449 e. The molecule has 0 aliphatic carbocycles. The van der Waals surface area contributed by atoms with Crippen LogP contribution in [-0.4, -0.2) is 0 Å². The van der Waals surface area contributed by atoms with Gasteiger partial charge in [-0.2, -0.15) is 0 Å². The van der Waals surface area contributed by atoms with Gasteiger partial charge < -0.3 is 0 Å². The van der Waals surface area contributed by atoms with Crippen LogP contribution in [0, 0.1) is 3.57 Å². The minimum Gasteiger partial charge on any atom is -0.143 e. The third-order valence-corrected chi connectivity index (χ3v) is 7.55. The van der Waals surface area contributed by atoms with E-state index in [9.17, 15) is 0 Å². The van der Waals surface area contributed by atoms with Gasteiger partial charge in [0.15, 0.2) is 0 Å². The van der Waals surface area contributed by atoms with Crippen molar-refractivity contribution in [3.63, 3.8) is 0 Å². The molecule has 3 aromatic heterocycles. The molecule has 108 valence electrons. The highest BCUT2D eigenvalue weighted by Gasteiger charge is 2.09. The normalized spacial score (nSPS) is 11.0. The van der Waals surface area contributed by atoms with E-state index in [0.717, 1.165) is 0 Å². The molecular weight excluding hydrogens is 439 g/mol. The molecule has 0 saturated carbocycles. The van der Waals surface area contributed by atoms with Gasteiger partial charge in [0.2, 0.25) is 0 Å². The Labute approximate surface area is 155 Å². The molecule has 0 amide bonds. The first-order chi connectivity index (χ1) is 10.8. The SMILES string of the molecule is Ic1ccc(-c2ccc(-c3ccc(-c4cccs4)s3)s2)cc1. The number of halogens is 1. The van der Waals surface area contributed by atoms with Crippen molar-refractivity contribution in [3.8, 4) is 29.9 Å². The van der Waals surface area contributed by atoms with E-state index >= 15 is 0 Å². The van der Waals surface area contributed by atoms with Gasteiger partial charge in [-0.15, -0.1) is 34.0 Å². The van der Waals surface area contributed by atoms with Gasteiger partial charge in [0, 0.05) is 28.0 Å². The second-order valence-corrected chi connectivity index (χ2v) is 9.17. The van der Waals surface area contributed by atoms with Crippen LogP contribution in [0.1, 0.15) is 0 Å². The number of thiophene rings is 3. The van der Waals surface area contributed by atoms with Gasteiger partial charge in [-0.3, -0.25) is 0 Å². The van der Waals surface area contributed by atoms with Crippen molar-refractivity contribution in [3.05, 3.63) is 69.6 Å². The Hall–Kier alpha value is -0.950. The summed E-state index contributed by atoms with van der Waals surface area (Å²) in [4.78, 5) is 6.74. The van der Waals surface area contributed by atoms with E-state index in [1.54, 1.807) is 11.3 Å². The topological polar surface area (TPSA) is 0 Å². The standard InChI is InChI=1S/C18H11IS3/c19-13-5-3-12(4-6-13)14-7-8-17(21-14)18-10-9-16(22-18)15-2-1-11-20-15/h1-11H. The van der Waals surface area contributed by atoms with E-state index in [0.29, 0.717) is 0 Å². The summed E-state index contributed by atoms with van der Waals surface area (Å²) < 4.78 is 1.27. The van der Waals surface area contributed by atoms with Crippen molar-refractivity contribution in [2.75, 3.05) is 0 Å². The van der Waals surface area contributed by atoms with Crippen molar-refractivity contribution in [2.45, 2.75) is 0 Å². The molecule has 4 rings (SSSR count). The predicted molar refractivity (Wildman–Crippen MR) is 109 cm³/mol. The molecule has 4 heteroatoms. The zero-order valence-electron chi connectivity index (χ0n) is 11.5. The van der Waals surface area contributed by atoms with Crippen LogP contribution in [0.5, 0.6) is 0 Å². The fraction of sp³-hybridized carbons (Fsp3) is 0. The average molecular weight is 450 g/mol. The quantitative estimate of drug-likeness (QED) is 0.284. The largest absolute Gasteiger partial charge is 0.143 e. The monoisotopic (exact) mass is 450 g/mol. The molecule has 0 N–H and O–H groups in total. The summed E-state index contributed by atoms with van der Waals surface area (Å²) in [6, 6.07) is 22.0. The van der Waals surface area contributed by atoms with Crippen molar-refractivity contribution in [1.82, 2.24) is 0 Å². The number of hydrogen-bond acceptors (Lipinski definition) is 3. The van der Waals surface area contributed by atoms with Crippen LogP contribution in [0.25, 0.3) is 29.9 Å². The summed E-state index contributed by atoms with van der Waals surface area (Å²) in [5.74, 6) is 0. The van der Waals surface area contributed by atoms with E-state index < -0.39 is 0 Å². The van der Waals surface area contributed by atoms with Crippen molar-refractivity contribution >= 4 is 56.6 Å². The zero-order valence-corrected chi connectivity index (χ0v) is 16.1. The van der Waals surface area contributed by atoms with Crippen LogP contribution in [0.3, 0.4) is 0 Å². The Morgan fingerprint density at radius 3 is 1.82 bits per heavy atom. The highest BCUT2D eigenvalue weighted by atomic mass is 127. The van der Waals surface area contributed by atoms with Crippen molar-refractivity contribution in [1.29, 1.82) is 0 Å². The molecule has 22 heavy (non-hydrogen) atoms. The summed E-state index contributed by atoms with van der Waals surface area (Å²) in [6.45, 7) is 0. The molecular formula is C18H11IS3. The molecule has 4 aromatic rings. The summed E-state index contributed by atoms with van der Waals surface area (Å²) in [7, 11) is 0. The van der Waals surface area contributed by atoms with Gasteiger partial charge >= 0.3 is 0 Å². The second-order valence-electron chi connectivity index (χ2n) is 4.81. The van der Waals surface area contributed by atoms with Crippen molar-refractivity contribution in [2.24, 2.45) is 0 Å². The maximum Gasteiger partial charge on any atom is 0.0449 e. The molecule has 3 heterocycles. The molecule has 0 bridgehead atoms. The highest BCUT2D eigenvalue weighted by Crippen LogP contribution is 2.41. The van der Waals surface area contributed by atoms with E-state index in [1.807, 2.05) is 22.7 Å². The Bertz CT molecular complexity index is 883. The molecule has 0 radical (unpaired) electrons. The van der Waals surface area contributed by atoms with E-state index in [-0.39, 0.29) is 0 Å². The highest BCUT2D eigenvalue weighted by molar-refractivity contribution is 14.1. The minimum atomic E-state index is 1.27. The summed E-state index contributed by atoms with van der Waals surface area (Å²) in [6.07, 6.45) is 0. The van der Waals surface area contributed by atoms with Crippen LogP contribution >= 0.6 is 56.6 Å². The maximum absolute atomic E-state index is 2.34. The Balaban J connectivity index is 1.65. The maximum atomic E-state index is 2.34. The molecule has 0 unspecified atom stereocenters. The number of rotatable bonds is 3. The molecule has 0 aliphatic rings. The Morgan fingerprint density at radius 2 is 1.18 bits per heavy atom. The van der Waals surface area contributed by atoms with E-state index in [2.05, 4.69) is 88.6 Å². The lowest BCUT2D eigenvalue weighted by Crippen LogP contribution is -1.72. The molecule has 0 fully saturated rings. The van der Waals surface area contributed by atoms with Crippen LogP contribution in [0.4, 0.5) is 0 Å². The molecule has 0 aliphatic heterocycles. The van der Waals surface area contributed by atoms with E-state index in [4.69, 9.17) is 0 Å². The van der Waals surface area contributed by atoms with Gasteiger partial charge in [0.1, 0.15) is 0 Å². The van der Waals surface area contributed by atoms with Crippen LogP contribution in [-0.2, 0) is 0 Å². The average Bonchev–Trinajstić information content (AvgIpc) is 3.27. The van der Waals surface area contributed by atoms with Gasteiger partial charge in [0.05, 0.1) is 0 Å². The molecule has 0 spiro atoms. The number of benzene rings is 1. The zero-order chi connectivity index (χ0) is 14.9. The van der Waals surface area contributed by atoms with Gasteiger partial charge in [0.25, 0.3) is 0 Å². The van der Waals surface area contributed by atoms with Gasteiger partial charge in [-0.25, -0.2) is 0 Å². The first-order valence-corrected chi connectivity index (χ1v) is 10.4. The van der Waals surface area contributed by atoms with E-state index in [1.165, 1.54) is 33.5 Å². The van der Waals surface area contributed by atoms with Gasteiger partial charge in [-0.05, 0) is 76.0 Å². The molecule has 0 nitrogen and oxygen atoms in total. The fourth-order valence-corrected chi connectivity index (χ4v) is 5.56. The first kappa shape index (κ1) is 14.6. The van der Waals surface area contributed by atoms with Gasteiger partial charge in [-0.1, -0.05) is 18.2 Å². The third-order valence-electron chi connectivity index (χ3n) is 3.35. The Morgan fingerprint density at radius 1 is 0.591 bits per heavy atom. The molecule has 1 aromatic carbocycles. The fourth-order valence-electron chi connectivity index (χ4n) is 2.26. The predicted octanol–water partition coefficient (Wildman–Crippen LogP) is 7.48. The lowest BCUT2D eigenvalue weighted by Gasteiger charge is -1.97. The van der Waals surface area contributed by atoms with Crippen LogP contribution in [0.2, 0.25) is 0 Å². The number of hydrogen-bond donors (Lipinski definition) is 0. The summed E-state index contributed by atoms with van der Waals surface area (Å²) in [5.41, 5.74) is 1.30. The molecule has 0 atom stereocenters. The van der Waals surface area contributed by atoms with Crippen LogP contribution in [0.15, 0.2) is 66.0 Å². The minimum absolute atomic E-state index is 1.27. The summed E-state index contributed by atoms with van der Waals surface area (Å²) >= 11 is 7.89. The lowest BCUT2D eigenvalue weighted by atomic mass is 10.2. The lowest BCUT2D eigenvalue weighted by molar-refractivity contribution is 1.64. The third kappa shape index (κ3) is 2.93. The van der Waals surface area contributed by atoms with Crippen molar-refractivity contribution < 1.29 is 0 Å². The van der Waals surface area contributed by atoms with Crippen LogP contribution < -0.4 is 0 Å². The summed E-state index contributed by atoms with van der Waals surface area (Å²) in [5, 5.41) is 2.13. The second kappa shape index (κ2) is 6.28. The first-order valence-electron chi connectivity index (χ1n) is 6.79. The Kier molecular flexibility index (Phi) is 4.17.